The molecule has 34 heavy (non-hydrogen) atoms. The highest BCUT2D eigenvalue weighted by Crippen LogP contribution is 2.33. The third kappa shape index (κ3) is 5.91. The summed E-state index contributed by atoms with van der Waals surface area (Å²) in [6, 6.07) is 3.01. The smallest absolute Gasteiger partial charge is 0.342 e. The van der Waals surface area contributed by atoms with Crippen LogP contribution in [0, 0.1) is 0 Å². The van der Waals surface area contributed by atoms with Crippen LogP contribution in [0.4, 0.5) is 0 Å². The van der Waals surface area contributed by atoms with Gasteiger partial charge in [0.2, 0.25) is 0 Å². The maximum atomic E-state index is 13.2. The quantitative estimate of drug-likeness (QED) is 0.479. The third-order valence-corrected chi connectivity index (χ3v) is 5.32. The molecule has 1 fully saturated rings. The molecule has 9 nitrogen and oxygen atoms in total. The zero-order chi connectivity index (χ0) is 24.9. The van der Waals surface area contributed by atoms with E-state index < -0.39 is 36.0 Å². The van der Waals surface area contributed by atoms with E-state index in [0.717, 1.165) is 0 Å². The van der Waals surface area contributed by atoms with E-state index in [1.165, 1.54) is 32.4 Å². The van der Waals surface area contributed by atoms with E-state index in [4.69, 9.17) is 28.4 Å². The molecule has 3 rings (SSSR count). The molecule has 2 aliphatic rings. The second-order valence-electron chi connectivity index (χ2n) is 8.43. The van der Waals surface area contributed by atoms with Crippen molar-refractivity contribution in [2.75, 3.05) is 21.0 Å². The van der Waals surface area contributed by atoms with Crippen molar-refractivity contribution in [2.24, 2.45) is 0 Å². The van der Waals surface area contributed by atoms with Crippen molar-refractivity contribution >= 4 is 23.8 Å². The minimum Gasteiger partial charge on any atom is -0.467 e. The molecular weight excluding hydrogens is 444 g/mol. The van der Waals surface area contributed by atoms with E-state index >= 15 is 0 Å². The standard InChI is InChI=1S/C25H30O9/c1-15-8-6-10-18(26)22-20(33-25(2,3)34-22)11-7-9-16-17(23(27)30-5)12-13-19(31-14-29-4)21(16)24(28)32-15/h6-7,9-10,12-13,15,20,22H,8,11,14H2,1-5H3/b9-7?,10-6-/t15-,20-,22+/m0/s1. The monoisotopic (exact) mass is 474 g/mol. The van der Waals surface area contributed by atoms with Gasteiger partial charge in [0, 0.05) is 19.1 Å². The Kier molecular flexibility index (Phi) is 8.24. The first-order valence-electron chi connectivity index (χ1n) is 11.0. The SMILES string of the molecule is COCOc1ccc(C(=O)OC)c2c1C(=O)O[C@@H](C)C/C=C\C(=O)[C@H]1OC(C)(C)O[C@H]1CC=C2. The Balaban J connectivity index is 2.11. The summed E-state index contributed by atoms with van der Waals surface area (Å²) in [5.74, 6) is -2.27. The minimum absolute atomic E-state index is 0.0700. The van der Waals surface area contributed by atoms with Crippen molar-refractivity contribution in [3.63, 3.8) is 0 Å². The van der Waals surface area contributed by atoms with Crippen LogP contribution < -0.4 is 4.74 Å². The first kappa shape index (κ1) is 25.6. The Bertz CT molecular complexity index is 992. The topological polar surface area (TPSA) is 107 Å². The molecule has 1 saturated heterocycles. The fourth-order valence-electron chi connectivity index (χ4n) is 3.84. The van der Waals surface area contributed by atoms with Gasteiger partial charge in [0.25, 0.3) is 0 Å². The summed E-state index contributed by atoms with van der Waals surface area (Å²) in [4.78, 5) is 38.4. The zero-order valence-electron chi connectivity index (χ0n) is 20.0. The van der Waals surface area contributed by atoms with E-state index in [2.05, 4.69) is 0 Å². The first-order valence-corrected chi connectivity index (χ1v) is 11.0. The van der Waals surface area contributed by atoms with Gasteiger partial charge >= 0.3 is 11.9 Å². The van der Waals surface area contributed by atoms with Crippen molar-refractivity contribution < 1.29 is 42.8 Å². The van der Waals surface area contributed by atoms with Gasteiger partial charge in [-0.3, -0.25) is 4.79 Å². The largest absolute Gasteiger partial charge is 0.467 e. The van der Waals surface area contributed by atoms with Gasteiger partial charge in [-0.2, -0.15) is 0 Å². The Morgan fingerprint density at radius 1 is 1.09 bits per heavy atom. The van der Waals surface area contributed by atoms with Gasteiger partial charge in [-0.1, -0.05) is 18.2 Å². The molecule has 0 aromatic heterocycles. The number of esters is 2. The molecule has 184 valence electrons. The summed E-state index contributed by atoms with van der Waals surface area (Å²) < 4.78 is 32.9. The molecule has 0 N–H and O–H groups in total. The highest BCUT2D eigenvalue weighted by molar-refractivity contribution is 6.03. The summed E-state index contributed by atoms with van der Waals surface area (Å²) in [5, 5.41) is 0. The lowest BCUT2D eigenvalue weighted by Crippen LogP contribution is -2.30. The number of rotatable bonds is 4. The number of carbonyl (C=O) groups is 3. The van der Waals surface area contributed by atoms with E-state index in [-0.39, 0.29) is 35.0 Å². The number of hydrogen-bond donors (Lipinski definition) is 0. The highest BCUT2D eigenvalue weighted by atomic mass is 16.8. The van der Waals surface area contributed by atoms with E-state index in [1.807, 2.05) is 0 Å². The Morgan fingerprint density at radius 2 is 1.82 bits per heavy atom. The van der Waals surface area contributed by atoms with Crippen LogP contribution in [-0.2, 0) is 28.5 Å². The summed E-state index contributed by atoms with van der Waals surface area (Å²) in [6.07, 6.45) is 5.10. The van der Waals surface area contributed by atoms with Crippen molar-refractivity contribution in [3.8, 4) is 5.75 Å². The van der Waals surface area contributed by atoms with Crippen LogP contribution in [-0.4, -0.2) is 62.8 Å². The molecule has 1 aromatic carbocycles. The molecule has 0 saturated carbocycles. The predicted molar refractivity (Wildman–Crippen MR) is 121 cm³/mol. The molecule has 0 bridgehead atoms. The number of cyclic esters (lactones) is 1. The average Bonchev–Trinajstić information content (AvgIpc) is 3.10. The third-order valence-electron chi connectivity index (χ3n) is 5.32. The van der Waals surface area contributed by atoms with Crippen LogP contribution in [0.1, 0.15) is 59.9 Å². The second-order valence-corrected chi connectivity index (χ2v) is 8.43. The van der Waals surface area contributed by atoms with Gasteiger partial charge < -0.3 is 28.4 Å². The molecular formula is C25H30O9. The maximum absolute atomic E-state index is 13.2. The molecule has 0 unspecified atom stereocenters. The van der Waals surface area contributed by atoms with E-state index in [0.29, 0.717) is 12.8 Å². The summed E-state index contributed by atoms with van der Waals surface area (Å²) in [6.45, 7) is 5.08. The first-order chi connectivity index (χ1) is 16.2. The van der Waals surface area contributed by atoms with Crippen molar-refractivity contribution in [1.82, 2.24) is 0 Å². The molecule has 0 radical (unpaired) electrons. The molecule has 0 amide bonds. The lowest BCUT2D eigenvalue weighted by atomic mass is 9.97. The van der Waals surface area contributed by atoms with Crippen LogP contribution in [0.25, 0.3) is 6.08 Å². The Labute approximate surface area is 198 Å². The van der Waals surface area contributed by atoms with Crippen molar-refractivity contribution in [2.45, 2.75) is 57.7 Å². The molecule has 0 aliphatic carbocycles. The van der Waals surface area contributed by atoms with Crippen LogP contribution in [0.3, 0.4) is 0 Å². The molecule has 1 aromatic rings. The number of benzene rings is 1. The Morgan fingerprint density at radius 3 is 2.53 bits per heavy atom. The van der Waals surface area contributed by atoms with Gasteiger partial charge in [0.1, 0.15) is 23.5 Å². The summed E-state index contributed by atoms with van der Waals surface area (Å²) >= 11 is 0. The second kappa shape index (κ2) is 10.9. The van der Waals surface area contributed by atoms with Gasteiger partial charge in [0.05, 0.1) is 18.8 Å². The normalized spacial score (nSPS) is 25.5. The molecule has 2 heterocycles. The van der Waals surface area contributed by atoms with E-state index in [1.54, 1.807) is 39.0 Å². The fraction of sp³-hybridized carbons (Fsp3) is 0.480. The fourth-order valence-corrected chi connectivity index (χ4v) is 3.84. The van der Waals surface area contributed by atoms with Crippen LogP contribution in [0.5, 0.6) is 5.75 Å². The lowest BCUT2D eigenvalue weighted by Gasteiger charge is -2.18. The summed E-state index contributed by atoms with van der Waals surface area (Å²) in [7, 11) is 2.71. The highest BCUT2D eigenvalue weighted by Gasteiger charge is 2.43. The van der Waals surface area contributed by atoms with E-state index in [9.17, 15) is 14.4 Å². The minimum atomic E-state index is -0.927. The number of ether oxygens (including phenoxy) is 6. The van der Waals surface area contributed by atoms with Gasteiger partial charge in [-0.05, 0) is 45.4 Å². The average molecular weight is 475 g/mol. The number of fused-ring (bicyclic) bond motifs is 2. The molecule has 2 aliphatic heterocycles. The van der Waals surface area contributed by atoms with Gasteiger partial charge in [-0.15, -0.1) is 0 Å². The van der Waals surface area contributed by atoms with Crippen LogP contribution >= 0.6 is 0 Å². The zero-order valence-corrected chi connectivity index (χ0v) is 20.0. The predicted octanol–water partition coefficient (Wildman–Crippen LogP) is 3.45. The van der Waals surface area contributed by atoms with Crippen molar-refractivity contribution in [1.29, 1.82) is 0 Å². The number of ketones is 1. The lowest BCUT2D eigenvalue weighted by molar-refractivity contribution is -0.152. The van der Waals surface area contributed by atoms with Crippen LogP contribution in [0.15, 0.2) is 30.4 Å². The number of methoxy groups -OCH3 is 2. The maximum Gasteiger partial charge on any atom is 0.342 e. The molecule has 0 spiro atoms. The van der Waals surface area contributed by atoms with Crippen LogP contribution in [0.2, 0.25) is 0 Å². The summed E-state index contributed by atoms with van der Waals surface area (Å²) in [5.41, 5.74) is 0.499. The molecule has 9 heteroatoms. The van der Waals surface area contributed by atoms with Crippen molar-refractivity contribution in [3.05, 3.63) is 47.1 Å². The number of carbonyl (C=O) groups excluding carboxylic acids is 3. The Hall–Kier alpha value is -3.01. The van der Waals surface area contributed by atoms with Gasteiger partial charge in [0.15, 0.2) is 18.4 Å². The molecule has 3 atom stereocenters. The van der Waals surface area contributed by atoms with Gasteiger partial charge in [-0.25, -0.2) is 9.59 Å². The number of hydrogen-bond acceptors (Lipinski definition) is 9.